The summed E-state index contributed by atoms with van der Waals surface area (Å²) in [6.07, 6.45) is 1.48. The fourth-order valence-corrected chi connectivity index (χ4v) is 1.84. The summed E-state index contributed by atoms with van der Waals surface area (Å²) < 4.78 is 9.29. The van der Waals surface area contributed by atoms with Crippen LogP contribution in [0.3, 0.4) is 0 Å². The number of nitrogens with zero attached hydrogens (tertiary/aromatic N) is 2. The maximum atomic E-state index is 11.3. The van der Waals surface area contributed by atoms with E-state index in [0.29, 0.717) is 18.7 Å². The van der Waals surface area contributed by atoms with Gasteiger partial charge in [0.1, 0.15) is 0 Å². The second kappa shape index (κ2) is 7.59. The zero-order chi connectivity index (χ0) is 15.1. The van der Waals surface area contributed by atoms with Crippen LogP contribution >= 0.6 is 0 Å². The van der Waals surface area contributed by atoms with E-state index in [1.807, 2.05) is 18.9 Å². The van der Waals surface area contributed by atoms with E-state index in [4.69, 9.17) is 0 Å². The molecule has 1 unspecified atom stereocenters. The van der Waals surface area contributed by atoms with E-state index in [0.717, 1.165) is 5.69 Å². The Hall–Kier alpha value is -1.95. The van der Waals surface area contributed by atoms with Gasteiger partial charge in [-0.25, -0.2) is 4.79 Å². The third-order valence-corrected chi connectivity index (χ3v) is 2.87. The topological polar surface area (TPSA) is 68.7 Å². The third kappa shape index (κ3) is 4.62. The maximum absolute atomic E-state index is 11.3. The molecule has 0 N–H and O–H groups in total. The Morgan fingerprint density at radius 3 is 2.50 bits per heavy atom. The minimum atomic E-state index is -0.406. The first-order valence-electron chi connectivity index (χ1n) is 6.27. The molecule has 0 saturated carbocycles. The fourth-order valence-electron chi connectivity index (χ4n) is 1.84. The van der Waals surface area contributed by atoms with Crippen LogP contribution in [0.25, 0.3) is 0 Å². The second-order valence-electron chi connectivity index (χ2n) is 4.65. The molecule has 6 nitrogen and oxygen atoms in total. The van der Waals surface area contributed by atoms with Gasteiger partial charge in [-0.3, -0.25) is 14.7 Å². The van der Waals surface area contributed by atoms with Gasteiger partial charge in [0.05, 0.1) is 31.4 Å². The Balaban J connectivity index is 2.56. The number of carbonyl (C=O) groups is 2. The first-order chi connectivity index (χ1) is 9.47. The molecule has 1 aromatic rings. The monoisotopic (exact) mass is 280 g/mol. The number of methoxy groups -OCH3 is 2. The lowest BCUT2D eigenvalue weighted by Gasteiger charge is -2.19. The Labute approximate surface area is 118 Å². The number of hydrogen-bond acceptors (Lipinski definition) is 6. The zero-order valence-corrected chi connectivity index (χ0v) is 12.3. The lowest BCUT2D eigenvalue weighted by molar-refractivity contribution is -0.145. The van der Waals surface area contributed by atoms with Crippen LogP contribution in [0.15, 0.2) is 18.3 Å². The number of rotatable bonds is 6. The molecular formula is C14H20N2O4. The van der Waals surface area contributed by atoms with Crippen molar-refractivity contribution in [1.82, 2.24) is 9.88 Å². The number of pyridine rings is 1. The van der Waals surface area contributed by atoms with Crippen molar-refractivity contribution in [3.05, 3.63) is 29.6 Å². The molecule has 110 valence electrons. The number of hydrogen-bond donors (Lipinski definition) is 0. The second-order valence-corrected chi connectivity index (χ2v) is 4.65. The van der Waals surface area contributed by atoms with Crippen LogP contribution in [-0.2, 0) is 20.8 Å². The minimum absolute atomic E-state index is 0.195. The Bertz CT molecular complexity index is 459. The molecule has 1 atom stereocenters. The highest BCUT2D eigenvalue weighted by Gasteiger charge is 2.15. The quantitative estimate of drug-likeness (QED) is 0.727. The summed E-state index contributed by atoms with van der Waals surface area (Å²) in [6.45, 7) is 2.98. The van der Waals surface area contributed by atoms with Gasteiger partial charge in [-0.05, 0) is 19.2 Å². The smallest absolute Gasteiger partial charge is 0.339 e. The van der Waals surface area contributed by atoms with E-state index in [-0.39, 0.29) is 11.9 Å². The van der Waals surface area contributed by atoms with Gasteiger partial charge >= 0.3 is 11.9 Å². The highest BCUT2D eigenvalue weighted by molar-refractivity contribution is 5.88. The molecule has 0 aliphatic heterocycles. The Morgan fingerprint density at radius 1 is 1.30 bits per heavy atom. The highest BCUT2D eigenvalue weighted by Crippen LogP contribution is 2.07. The standard InChI is InChI=1S/C14H20N2O4/c1-10(13(17)19-3)8-16(2)9-12-6-5-11(7-15-12)14(18)20-4/h5-7,10H,8-9H2,1-4H3. The van der Waals surface area contributed by atoms with Crippen LogP contribution < -0.4 is 0 Å². The van der Waals surface area contributed by atoms with Gasteiger partial charge in [0.15, 0.2) is 0 Å². The molecule has 0 aromatic carbocycles. The SMILES string of the molecule is COC(=O)c1ccc(CN(C)CC(C)C(=O)OC)nc1. The lowest BCUT2D eigenvalue weighted by Crippen LogP contribution is -2.29. The van der Waals surface area contributed by atoms with Gasteiger partial charge in [0.25, 0.3) is 0 Å². The van der Waals surface area contributed by atoms with Crippen LogP contribution in [0.1, 0.15) is 23.0 Å². The molecule has 1 rings (SSSR count). The van der Waals surface area contributed by atoms with Crippen LogP contribution in [-0.4, -0.2) is 49.6 Å². The first-order valence-corrected chi connectivity index (χ1v) is 6.27. The van der Waals surface area contributed by atoms with E-state index >= 15 is 0 Å². The van der Waals surface area contributed by atoms with Crippen molar-refractivity contribution in [2.75, 3.05) is 27.8 Å². The van der Waals surface area contributed by atoms with E-state index in [1.54, 1.807) is 12.1 Å². The molecule has 20 heavy (non-hydrogen) atoms. The average molecular weight is 280 g/mol. The third-order valence-electron chi connectivity index (χ3n) is 2.87. The van der Waals surface area contributed by atoms with Crippen molar-refractivity contribution in [2.45, 2.75) is 13.5 Å². The summed E-state index contributed by atoms with van der Waals surface area (Å²) in [7, 11) is 4.61. The van der Waals surface area contributed by atoms with E-state index in [2.05, 4.69) is 14.5 Å². The van der Waals surface area contributed by atoms with Gasteiger partial charge in [0.2, 0.25) is 0 Å². The molecule has 0 fully saturated rings. The predicted octanol–water partition coefficient (Wildman–Crippen LogP) is 1.11. The Kier molecular flexibility index (Phi) is 6.11. The summed E-state index contributed by atoms with van der Waals surface area (Å²) in [5, 5.41) is 0. The largest absolute Gasteiger partial charge is 0.469 e. The lowest BCUT2D eigenvalue weighted by atomic mass is 10.1. The van der Waals surface area contributed by atoms with E-state index < -0.39 is 5.97 Å². The fraction of sp³-hybridized carbons (Fsp3) is 0.500. The summed E-state index contributed by atoms with van der Waals surface area (Å²) in [4.78, 5) is 28.8. The van der Waals surface area contributed by atoms with Gasteiger partial charge < -0.3 is 9.47 Å². The van der Waals surface area contributed by atoms with Gasteiger partial charge in [-0.1, -0.05) is 6.92 Å². The molecule has 1 aromatic heterocycles. The predicted molar refractivity (Wildman–Crippen MR) is 73.1 cm³/mol. The van der Waals surface area contributed by atoms with Crippen molar-refractivity contribution in [2.24, 2.45) is 5.92 Å². The van der Waals surface area contributed by atoms with Gasteiger partial charge in [-0.2, -0.15) is 0 Å². The average Bonchev–Trinajstić information content (AvgIpc) is 2.46. The van der Waals surface area contributed by atoms with E-state index in [1.165, 1.54) is 20.4 Å². The van der Waals surface area contributed by atoms with Gasteiger partial charge in [-0.15, -0.1) is 0 Å². The summed E-state index contributed by atoms with van der Waals surface area (Å²) >= 11 is 0. The number of ether oxygens (including phenoxy) is 2. The van der Waals surface area contributed by atoms with Crippen LogP contribution in [0, 0.1) is 5.92 Å². The molecule has 0 spiro atoms. The van der Waals surface area contributed by atoms with Crippen molar-refractivity contribution in [1.29, 1.82) is 0 Å². The Morgan fingerprint density at radius 2 is 2.00 bits per heavy atom. The first kappa shape index (κ1) is 16.1. The molecule has 0 radical (unpaired) electrons. The molecule has 0 bridgehead atoms. The van der Waals surface area contributed by atoms with Crippen molar-refractivity contribution < 1.29 is 19.1 Å². The molecule has 0 saturated heterocycles. The summed E-state index contributed by atoms with van der Waals surface area (Å²) in [5.41, 5.74) is 1.24. The molecule has 0 amide bonds. The van der Waals surface area contributed by atoms with E-state index in [9.17, 15) is 9.59 Å². The normalized spacial score (nSPS) is 12.1. The highest BCUT2D eigenvalue weighted by atomic mass is 16.5. The number of carbonyl (C=O) groups excluding carboxylic acids is 2. The van der Waals surface area contributed by atoms with Crippen LogP contribution in [0.4, 0.5) is 0 Å². The van der Waals surface area contributed by atoms with Crippen molar-refractivity contribution in [3.8, 4) is 0 Å². The molecule has 1 heterocycles. The number of esters is 2. The zero-order valence-electron chi connectivity index (χ0n) is 12.3. The summed E-state index contributed by atoms with van der Waals surface area (Å²) in [5.74, 6) is -0.832. The minimum Gasteiger partial charge on any atom is -0.469 e. The molecular weight excluding hydrogens is 260 g/mol. The van der Waals surface area contributed by atoms with Crippen LogP contribution in [0.5, 0.6) is 0 Å². The summed E-state index contributed by atoms with van der Waals surface area (Å²) in [6, 6.07) is 3.44. The number of aromatic nitrogens is 1. The molecule has 6 heteroatoms. The van der Waals surface area contributed by atoms with Crippen molar-refractivity contribution >= 4 is 11.9 Å². The van der Waals surface area contributed by atoms with Gasteiger partial charge in [0, 0.05) is 19.3 Å². The van der Waals surface area contributed by atoms with Crippen molar-refractivity contribution in [3.63, 3.8) is 0 Å². The molecule has 0 aliphatic carbocycles. The maximum Gasteiger partial charge on any atom is 0.339 e. The molecule has 0 aliphatic rings. The van der Waals surface area contributed by atoms with Crippen LogP contribution in [0.2, 0.25) is 0 Å².